The molecule has 6 atom stereocenters. The van der Waals surface area contributed by atoms with Crippen LogP contribution < -0.4 is 0 Å². The molecule has 0 aromatic heterocycles. The van der Waals surface area contributed by atoms with Crippen molar-refractivity contribution in [1.82, 2.24) is 0 Å². The molecule has 0 heterocycles. The van der Waals surface area contributed by atoms with Gasteiger partial charge in [0, 0.05) is 18.8 Å². The molecule has 0 aliphatic heterocycles. The first-order chi connectivity index (χ1) is 12.6. The smallest absolute Gasteiger partial charge is 0.303 e. The van der Waals surface area contributed by atoms with Gasteiger partial charge in [-0.3, -0.25) is 14.4 Å². The van der Waals surface area contributed by atoms with Crippen LogP contribution in [0.1, 0.15) is 79.1 Å². The van der Waals surface area contributed by atoms with Crippen LogP contribution in [0.3, 0.4) is 0 Å². The molecule has 4 nitrogen and oxygen atoms in total. The van der Waals surface area contributed by atoms with Crippen LogP contribution in [0.25, 0.3) is 0 Å². The van der Waals surface area contributed by atoms with E-state index in [9.17, 15) is 14.4 Å². The van der Waals surface area contributed by atoms with Crippen molar-refractivity contribution in [1.29, 1.82) is 0 Å². The Labute approximate surface area is 162 Å². The van der Waals surface area contributed by atoms with Gasteiger partial charge < -0.3 is 4.74 Å². The van der Waals surface area contributed by atoms with Gasteiger partial charge in [-0.2, -0.15) is 0 Å². The minimum absolute atomic E-state index is 0.00650. The summed E-state index contributed by atoms with van der Waals surface area (Å²) < 4.78 is 5.81. The fourth-order valence-corrected chi connectivity index (χ4v) is 7.62. The number of Topliss-reactive ketones (excluding diaryl/α,β-unsaturated/α-hetero) is 1. The Kier molecular flexibility index (Phi) is 4.21. The second kappa shape index (κ2) is 6.02. The predicted octanol–water partition coefficient (Wildman–Crippen LogP) is 4.41. The highest BCUT2D eigenvalue weighted by molar-refractivity contribution is 5.91. The van der Waals surface area contributed by atoms with Crippen molar-refractivity contribution in [3.05, 3.63) is 11.6 Å². The zero-order valence-electron chi connectivity index (χ0n) is 17.1. The third-order valence-corrected chi connectivity index (χ3v) is 8.97. The van der Waals surface area contributed by atoms with Crippen LogP contribution in [0.2, 0.25) is 0 Å². The van der Waals surface area contributed by atoms with Crippen molar-refractivity contribution in [3.8, 4) is 0 Å². The average Bonchev–Trinajstić information content (AvgIpc) is 2.89. The molecule has 3 saturated carbocycles. The lowest BCUT2D eigenvalue weighted by Gasteiger charge is -2.59. The standard InChI is InChI=1S/C23H32O4/c1-14(24)23(27-15(2)25)12-9-20-18-6-5-16-13-17(26)7-10-21(16,3)19(18)8-11-22(20,23)4/h13,18-20H,5-12H2,1-4H3/t18-,19-,20+,21-,22+,23-/m1/s1. The van der Waals surface area contributed by atoms with E-state index in [1.807, 2.05) is 6.08 Å². The molecular weight excluding hydrogens is 340 g/mol. The lowest BCUT2D eigenvalue weighted by molar-refractivity contribution is -0.187. The quantitative estimate of drug-likeness (QED) is 0.674. The van der Waals surface area contributed by atoms with E-state index < -0.39 is 5.60 Å². The van der Waals surface area contributed by atoms with Gasteiger partial charge in [-0.05, 0) is 81.1 Å². The van der Waals surface area contributed by atoms with Crippen LogP contribution in [-0.4, -0.2) is 23.1 Å². The summed E-state index contributed by atoms with van der Waals surface area (Å²) in [6, 6.07) is 0. The Hall–Kier alpha value is -1.45. The van der Waals surface area contributed by atoms with E-state index in [-0.39, 0.29) is 28.4 Å². The monoisotopic (exact) mass is 372 g/mol. The van der Waals surface area contributed by atoms with Gasteiger partial charge in [0.1, 0.15) is 0 Å². The summed E-state index contributed by atoms with van der Waals surface area (Å²) in [5.74, 6) is 1.48. The summed E-state index contributed by atoms with van der Waals surface area (Å²) in [6.07, 6.45) is 9.23. The maximum atomic E-state index is 12.7. The lowest BCUT2D eigenvalue weighted by Crippen LogP contribution is -2.58. The van der Waals surface area contributed by atoms with Crippen molar-refractivity contribution in [2.45, 2.75) is 84.7 Å². The predicted molar refractivity (Wildman–Crippen MR) is 102 cm³/mol. The second-order valence-corrected chi connectivity index (χ2v) is 9.94. The largest absolute Gasteiger partial charge is 0.451 e. The van der Waals surface area contributed by atoms with Crippen molar-refractivity contribution in [3.63, 3.8) is 0 Å². The summed E-state index contributed by atoms with van der Waals surface area (Å²) in [4.78, 5) is 36.5. The van der Waals surface area contributed by atoms with Gasteiger partial charge in [-0.25, -0.2) is 0 Å². The fourth-order valence-electron chi connectivity index (χ4n) is 7.62. The first kappa shape index (κ1) is 18.9. The normalized spacial score (nSPS) is 46.0. The van der Waals surface area contributed by atoms with Crippen molar-refractivity contribution >= 4 is 17.5 Å². The Morgan fingerprint density at radius 3 is 2.37 bits per heavy atom. The van der Waals surface area contributed by atoms with Crippen molar-refractivity contribution in [2.24, 2.45) is 28.6 Å². The van der Waals surface area contributed by atoms with Gasteiger partial charge in [-0.1, -0.05) is 19.4 Å². The van der Waals surface area contributed by atoms with Crippen LogP contribution in [0.5, 0.6) is 0 Å². The molecule has 27 heavy (non-hydrogen) atoms. The van der Waals surface area contributed by atoms with E-state index in [4.69, 9.17) is 4.74 Å². The molecule has 0 saturated heterocycles. The maximum absolute atomic E-state index is 12.7. The van der Waals surface area contributed by atoms with Crippen LogP contribution in [-0.2, 0) is 19.1 Å². The molecule has 4 aliphatic carbocycles. The van der Waals surface area contributed by atoms with Gasteiger partial charge in [0.25, 0.3) is 0 Å². The van der Waals surface area contributed by atoms with Gasteiger partial charge >= 0.3 is 5.97 Å². The third-order valence-electron chi connectivity index (χ3n) is 8.97. The number of ketones is 2. The van der Waals surface area contributed by atoms with Crippen molar-refractivity contribution in [2.75, 3.05) is 0 Å². The number of hydrogen-bond acceptors (Lipinski definition) is 4. The molecule has 0 bridgehead atoms. The molecule has 0 aromatic carbocycles. The Bertz CT molecular complexity index is 737. The van der Waals surface area contributed by atoms with E-state index in [1.54, 1.807) is 6.92 Å². The molecule has 4 heteroatoms. The highest BCUT2D eigenvalue weighted by atomic mass is 16.6. The first-order valence-electron chi connectivity index (χ1n) is 10.6. The highest BCUT2D eigenvalue weighted by Crippen LogP contribution is 2.68. The minimum atomic E-state index is -0.950. The number of fused-ring (bicyclic) bond motifs is 5. The van der Waals surface area contributed by atoms with Gasteiger partial charge in [0.05, 0.1) is 0 Å². The topological polar surface area (TPSA) is 60.4 Å². The highest BCUT2D eigenvalue weighted by Gasteiger charge is 2.67. The summed E-state index contributed by atoms with van der Waals surface area (Å²) in [5.41, 5.74) is 0.266. The van der Waals surface area contributed by atoms with E-state index in [0.717, 1.165) is 38.5 Å². The Morgan fingerprint density at radius 2 is 1.70 bits per heavy atom. The molecule has 0 spiro atoms. The second-order valence-electron chi connectivity index (χ2n) is 9.94. The molecule has 0 unspecified atom stereocenters. The number of carbonyl (C=O) groups excluding carboxylic acids is 3. The summed E-state index contributed by atoms with van der Waals surface area (Å²) >= 11 is 0. The lowest BCUT2D eigenvalue weighted by atomic mass is 9.46. The maximum Gasteiger partial charge on any atom is 0.303 e. The van der Waals surface area contributed by atoms with Gasteiger partial charge in [0.15, 0.2) is 17.2 Å². The molecule has 0 N–H and O–H groups in total. The first-order valence-corrected chi connectivity index (χ1v) is 10.6. The molecule has 148 valence electrons. The SMILES string of the molecule is CC(=O)O[C@@]1(C(C)=O)CC[C@H]2[C@@H]3CCC4=CC(=O)CC[C@@]4(C)[C@@H]3CC[C@@]21C. The molecule has 4 aliphatic rings. The van der Waals surface area contributed by atoms with Crippen LogP contribution >= 0.6 is 0 Å². The summed E-state index contributed by atoms with van der Waals surface area (Å²) in [5, 5.41) is 0. The fraction of sp³-hybridized carbons (Fsp3) is 0.783. The zero-order chi connectivity index (χ0) is 19.6. The number of esters is 1. The van der Waals surface area contributed by atoms with E-state index in [0.29, 0.717) is 30.6 Å². The summed E-state index contributed by atoms with van der Waals surface area (Å²) in [6.45, 7) is 7.58. The van der Waals surface area contributed by atoms with Gasteiger partial charge in [0.2, 0.25) is 0 Å². The van der Waals surface area contributed by atoms with E-state index in [1.165, 1.54) is 12.5 Å². The van der Waals surface area contributed by atoms with Crippen molar-refractivity contribution < 1.29 is 19.1 Å². The van der Waals surface area contributed by atoms with Crippen LogP contribution in [0.15, 0.2) is 11.6 Å². The minimum Gasteiger partial charge on any atom is -0.451 e. The molecule has 3 fully saturated rings. The third kappa shape index (κ3) is 2.44. The Morgan fingerprint density at radius 1 is 1.00 bits per heavy atom. The number of rotatable bonds is 2. The number of allylic oxidation sites excluding steroid dienone is 1. The number of ether oxygens (including phenoxy) is 1. The molecular formula is C23H32O4. The van der Waals surface area contributed by atoms with E-state index >= 15 is 0 Å². The molecule has 4 rings (SSSR count). The summed E-state index contributed by atoms with van der Waals surface area (Å²) in [7, 11) is 0. The number of hydrogen-bond donors (Lipinski definition) is 0. The van der Waals surface area contributed by atoms with Crippen LogP contribution in [0, 0.1) is 28.6 Å². The molecule has 0 radical (unpaired) electrons. The number of carbonyl (C=O) groups is 3. The Balaban J connectivity index is 1.70. The van der Waals surface area contributed by atoms with E-state index in [2.05, 4.69) is 13.8 Å². The van der Waals surface area contributed by atoms with Gasteiger partial charge in [-0.15, -0.1) is 0 Å². The average molecular weight is 373 g/mol. The molecule has 0 amide bonds. The van der Waals surface area contributed by atoms with Crippen LogP contribution in [0.4, 0.5) is 0 Å². The zero-order valence-corrected chi connectivity index (χ0v) is 17.1. The molecule has 0 aromatic rings.